The molecule has 0 aromatic carbocycles. The van der Waals surface area contributed by atoms with Crippen molar-refractivity contribution in [3.63, 3.8) is 0 Å². The average molecular weight is 2290 g/mol. The number of unbranched alkanes of at least 4 members (excludes halogenated alkanes) is 1. The van der Waals surface area contributed by atoms with Crippen LogP contribution in [0.5, 0.6) is 0 Å². The number of aliphatic hydroxyl groups excluding tert-OH is 3. The first kappa shape index (κ1) is 151. The number of rotatable bonds is 75. The normalized spacial score (nSPS) is 13.4. The number of alkyl halides is 6. The Kier molecular flexibility index (Phi) is 171. The molecule has 7 unspecified atom stereocenters. The van der Waals surface area contributed by atoms with Crippen LogP contribution in [0.4, 0.5) is 0 Å². The quantitative estimate of drug-likeness (QED) is 0.0128. The fourth-order valence-electron chi connectivity index (χ4n) is 8.18. The topological polar surface area (TPSA) is 349 Å². The Morgan fingerprint density at radius 3 is 0.877 bits per heavy atom. The molecule has 0 aromatic rings. The van der Waals surface area contributed by atoms with Crippen LogP contribution in [0.2, 0.25) is 0 Å². The molecule has 7 atom stereocenters. The van der Waals surface area contributed by atoms with Crippen molar-refractivity contribution in [3.8, 4) is 0 Å². The zero-order valence-electron chi connectivity index (χ0n) is 77.9. The van der Waals surface area contributed by atoms with Crippen molar-refractivity contribution in [3.05, 3.63) is 0 Å². The van der Waals surface area contributed by atoms with Crippen LogP contribution in [0.15, 0.2) is 0 Å². The summed E-state index contributed by atoms with van der Waals surface area (Å²) in [5.74, 6) is 0. The Morgan fingerprint density at radius 1 is 0.369 bits per heavy atom. The monoisotopic (exact) mass is 2280 g/mol. The van der Waals surface area contributed by atoms with Crippen LogP contribution < -0.4 is 75.4 Å². The Hall–Kier alpha value is 3.85. The smallest absolute Gasteiger partial charge is 1.00 e. The molecule has 41 heteroatoms. The Labute approximate surface area is 855 Å². The van der Waals surface area contributed by atoms with E-state index in [2.05, 4.69) is 74.3 Å². The first-order chi connectivity index (χ1) is 57.3. The van der Waals surface area contributed by atoms with Crippen molar-refractivity contribution in [1.82, 2.24) is 0 Å². The molecule has 746 valence electrons. The summed E-state index contributed by atoms with van der Waals surface area (Å²) in [5.41, 5.74) is 0. The molecule has 0 spiro atoms. The van der Waals surface area contributed by atoms with E-state index >= 15 is 0 Å². The molecule has 1 heterocycles. The summed E-state index contributed by atoms with van der Waals surface area (Å²) in [6, 6.07) is 0. The van der Waals surface area contributed by atoms with Gasteiger partial charge in [0, 0.05) is 147 Å². The third kappa shape index (κ3) is 173. The van der Waals surface area contributed by atoms with Gasteiger partial charge >= 0.3 is 51.4 Å². The molecule has 1 saturated heterocycles. The molecule has 3 N–H and O–H groups in total. The first-order valence-corrected chi connectivity index (χ1v) is 51.3. The zero-order chi connectivity index (χ0) is 91.3. The van der Waals surface area contributed by atoms with Crippen LogP contribution in [0.1, 0.15) is 199 Å². The Bertz CT molecular complexity index is 1970. The van der Waals surface area contributed by atoms with E-state index in [-0.39, 0.29) is 168 Å². The van der Waals surface area contributed by atoms with Gasteiger partial charge in [-0.25, -0.2) is 0 Å². The number of aldehydes is 1. The average Bonchev–Trinajstić information content (AvgIpc) is 0.843. The van der Waals surface area contributed by atoms with Crippen molar-refractivity contribution >= 4 is 131 Å². The number of carbonyl (C=O) groups is 1. The van der Waals surface area contributed by atoms with Crippen LogP contribution in [0.25, 0.3) is 0 Å². The summed E-state index contributed by atoms with van der Waals surface area (Å²) in [5, 5.41) is 25.3. The molecule has 0 aromatic heterocycles. The van der Waals surface area contributed by atoms with Crippen LogP contribution in [-0.2, 0) is 128 Å². The number of carbonyl (C=O) groups excluding carboxylic acids is 1. The van der Waals surface area contributed by atoms with Crippen molar-refractivity contribution < 1.29 is 215 Å². The van der Waals surface area contributed by atoms with E-state index in [1.165, 1.54) is 6.42 Å². The molecule has 1 rings (SSSR count). The number of hydrogen-bond donors (Lipinski definition) is 3. The summed E-state index contributed by atoms with van der Waals surface area (Å²) in [7, 11) is -6.67. The van der Waals surface area contributed by atoms with Gasteiger partial charge in [0.1, 0.15) is 6.29 Å². The van der Waals surface area contributed by atoms with Crippen LogP contribution >= 0.6 is 104 Å². The second-order valence-electron chi connectivity index (χ2n) is 25.2. The van der Waals surface area contributed by atoms with E-state index in [0.29, 0.717) is 171 Å². The summed E-state index contributed by atoms with van der Waals surface area (Å²) < 4.78 is 161. The largest absolute Gasteiger partial charge is 1.00 e. The van der Waals surface area contributed by atoms with E-state index in [1.54, 1.807) is 0 Å². The first-order valence-electron chi connectivity index (χ1n) is 42.5. The van der Waals surface area contributed by atoms with Crippen molar-refractivity contribution in [1.29, 1.82) is 0 Å². The summed E-state index contributed by atoms with van der Waals surface area (Å²) in [4.78, 5) is 9.87. The molecule has 0 amide bonds. The number of halogens is 8. The maximum absolute atomic E-state index is 10.6. The van der Waals surface area contributed by atoms with Crippen LogP contribution in [0.3, 0.4) is 0 Å². The Morgan fingerprint density at radius 2 is 0.631 bits per heavy atom. The second-order valence-corrected chi connectivity index (χ2v) is 32.3. The molecule has 122 heavy (non-hydrogen) atoms. The molecule has 1 aliphatic heterocycles. The van der Waals surface area contributed by atoms with Gasteiger partial charge in [0.25, 0.3) is 20.2 Å². The zero-order valence-corrected chi connectivity index (χ0v) is 92.9. The molecular weight excluding hydrogens is 2110 g/mol. The predicted molar refractivity (Wildman–Crippen MR) is 503 cm³/mol. The second kappa shape index (κ2) is 138. The van der Waals surface area contributed by atoms with Gasteiger partial charge < -0.3 is 139 Å². The minimum absolute atomic E-state index is 0. The molecule has 0 radical (unpaired) electrons. The molecule has 30 nitrogen and oxygen atoms in total. The van der Waals surface area contributed by atoms with Gasteiger partial charge in [-0.2, -0.15) is 16.8 Å². The number of aliphatic hydroxyl groups is 3. The molecule has 1 aliphatic rings. The third-order valence-corrected chi connectivity index (χ3v) is 16.8. The fourth-order valence-corrected chi connectivity index (χ4v) is 9.60. The summed E-state index contributed by atoms with van der Waals surface area (Å²) in [6.07, 6.45) is 20.1. The van der Waals surface area contributed by atoms with Gasteiger partial charge in [-0.05, 0) is 179 Å². The van der Waals surface area contributed by atoms with Crippen LogP contribution in [0, 0.1) is 0 Å². The van der Waals surface area contributed by atoms with Crippen molar-refractivity contribution in [2.45, 2.75) is 242 Å². The summed E-state index contributed by atoms with van der Waals surface area (Å²) in [6.45, 7) is 47.9. The van der Waals surface area contributed by atoms with E-state index in [1.807, 2.05) is 69.2 Å². The van der Waals surface area contributed by atoms with Gasteiger partial charge in [0.15, 0.2) is 6.29 Å². The van der Waals surface area contributed by atoms with Gasteiger partial charge in [-0.1, -0.05) is 58.5 Å². The SMILES string of the molecule is CCCCO.CCOC(C)CCOCCO.CCOC(C)CCOCCOCCCI.CCOC(C)CCOCCOCCCO.CCOC(C)CCOCCOCCCOC1CCCCO1.CCOC(C)CCOCCOCCCOS(C)(=O)=O.CCOC(C)CCOCCOS(C)(=O)=O.Cl.ClCCl.ClCCl.O=CCCOCCOCCCI.[I-].[K+]. The van der Waals surface area contributed by atoms with E-state index in [4.69, 9.17) is 156 Å². The van der Waals surface area contributed by atoms with Gasteiger partial charge in [0.05, 0.1) is 172 Å². The number of hydrogen-bond acceptors (Lipinski definition) is 30. The van der Waals surface area contributed by atoms with Gasteiger partial charge in [-0.3, -0.25) is 8.37 Å². The minimum Gasteiger partial charge on any atom is -1.00 e. The molecule has 0 saturated carbocycles. The number of ether oxygens (including phenoxy) is 20. The van der Waals surface area contributed by atoms with E-state index < -0.39 is 20.2 Å². The van der Waals surface area contributed by atoms with Crippen molar-refractivity contribution in [2.24, 2.45) is 0 Å². The standard InChI is InChI=1S/C16H32O5.C12H26O6S.C11H23IO3.C11H24O4.C9H20O5S.C8H15IO3.C8H18O3.C4H10O.2CH2Cl2.ClH.HI.K/c1-3-19-15(2)8-12-18-14-13-17-9-6-11-21-16-7-4-5-10-20-16;1-4-17-12(2)6-9-16-11-10-15-7-5-8-18-19(3,13)14;2*1-3-15-11(2)5-8-14-10-9-13-7-4-6-12;1-4-13-9(2)5-6-12-7-8-14-15(3,10)11;9-3-1-5-11-7-8-12-6-2-4-10;1-3-11-8(2)4-6-10-7-5-9;1-2-3-4-5;2*2-1-3;;;/h15-16H,3-14H2,1-2H3;12H,4-11H2,1-3H3;11H,3-10H2,1-2H3;11-12H,3-10H2,1-2H3;9H,4-8H2,1-3H3;4H,1-3,5-8H2;8-9H,3-7H2,1-2H3;5H,2-4H2,1H3;2*1H2;2*1H;/q;;;;;;;;;;;;+1/p-1. The fraction of sp³-hybridized carbons (Fsp3) is 0.988. The predicted octanol–water partition coefficient (Wildman–Crippen LogP) is 8.94. The van der Waals surface area contributed by atoms with E-state index in [0.717, 1.165) is 177 Å². The Balaban J connectivity index is -0.000000114. The molecule has 0 aliphatic carbocycles. The molecule has 0 bridgehead atoms. The summed E-state index contributed by atoms with van der Waals surface area (Å²) >= 11 is 23.7. The van der Waals surface area contributed by atoms with Crippen LogP contribution in [-0.4, -0.2) is 358 Å². The van der Waals surface area contributed by atoms with Crippen molar-refractivity contribution in [2.75, 3.05) is 276 Å². The van der Waals surface area contributed by atoms with E-state index in [9.17, 15) is 21.6 Å². The molecule has 1 fully saturated rings. The van der Waals surface area contributed by atoms with Gasteiger partial charge in [-0.15, -0.1) is 58.8 Å². The molecular formula is C81H173Cl5I3KO30S2. The van der Waals surface area contributed by atoms with Gasteiger partial charge in [0.2, 0.25) is 0 Å². The minimum atomic E-state index is -3.34. The maximum atomic E-state index is 10.6. The maximum Gasteiger partial charge on any atom is 1.00 e. The third-order valence-electron chi connectivity index (χ3n) is 14.1.